The number of rotatable bonds is 5. The standard InChI is InChI=1S/C16H24N4O/c1-12-18-19-15(20(12)5)11-21-14-8-6-7-13(9-14)10-17-16(2,3)4/h6-9,17H,10-11H2,1-5H3. The highest BCUT2D eigenvalue weighted by atomic mass is 16.5. The second-order valence-corrected chi connectivity index (χ2v) is 6.26. The number of benzene rings is 1. The molecule has 0 aliphatic heterocycles. The topological polar surface area (TPSA) is 52.0 Å². The molecule has 0 aliphatic carbocycles. The van der Waals surface area contributed by atoms with Gasteiger partial charge in [-0.15, -0.1) is 10.2 Å². The van der Waals surface area contributed by atoms with Gasteiger partial charge in [-0.2, -0.15) is 0 Å². The molecule has 1 heterocycles. The lowest BCUT2D eigenvalue weighted by molar-refractivity contribution is 0.290. The highest BCUT2D eigenvalue weighted by Gasteiger charge is 2.09. The van der Waals surface area contributed by atoms with Crippen LogP contribution in [0.3, 0.4) is 0 Å². The Balaban J connectivity index is 1.96. The summed E-state index contributed by atoms with van der Waals surface area (Å²) >= 11 is 0. The van der Waals surface area contributed by atoms with Crippen LogP contribution in [0.4, 0.5) is 0 Å². The Morgan fingerprint density at radius 1 is 1.24 bits per heavy atom. The number of nitrogens with zero attached hydrogens (tertiary/aromatic N) is 3. The van der Waals surface area contributed by atoms with Crippen molar-refractivity contribution in [2.75, 3.05) is 0 Å². The summed E-state index contributed by atoms with van der Waals surface area (Å²) in [6, 6.07) is 8.13. The number of hydrogen-bond donors (Lipinski definition) is 1. The molecule has 5 nitrogen and oxygen atoms in total. The van der Waals surface area contributed by atoms with Gasteiger partial charge in [0.15, 0.2) is 5.82 Å². The Kier molecular flexibility index (Phi) is 4.63. The summed E-state index contributed by atoms with van der Waals surface area (Å²) < 4.78 is 7.74. The van der Waals surface area contributed by atoms with Crippen molar-refractivity contribution in [2.45, 2.75) is 46.4 Å². The Labute approximate surface area is 126 Å². The third kappa shape index (κ3) is 4.56. The van der Waals surface area contributed by atoms with Crippen LogP contribution >= 0.6 is 0 Å². The minimum absolute atomic E-state index is 0.104. The molecule has 0 aliphatic rings. The monoisotopic (exact) mass is 288 g/mol. The van der Waals surface area contributed by atoms with Crippen LogP contribution in [0.5, 0.6) is 5.75 Å². The highest BCUT2D eigenvalue weighted by Crippen LogP contribution is 2.15. The van der Waals surface area contributed by atoms with Crippen molar-refractivity contribution in [3.8, 4) is 5.75 Å². The first kappa shape index (κ1) is 15.5. The van der Waals surface area contributed by atoms with Crippen LogP contribution in [-0.4, -0.2) is 20.3 Å². The molecule has 0 fully saturated rings. The zero-order valence-electron chi connectivity index (χ0n) is 13.5. The van der Waals surface area contributed by atoms with Gasteiger partial charge in [-0.25, -0.2) is 0 Å². The Morgan fingerprint density at radius 3 is 2.62 bits per heavy atom. The van der Waals surface area contributed by atoms with Gasteiger partial charge in [-0.05, 0) is 45.4 Å². The zero-order chi connectivity index (χ0) is 15.5. The lowest BCUT2D eigenvalue weighted by Gasteiger charge is -2.20. The van der Waals surface area contributed by atoms with Crippen molar-refractivity contribution in [1.29, 1.82) is 0 Å². The molecule has 0 unspecified atom stereocenters. The second-order valence-electron chi connectivity index (χ2n) is 6.26. The van der Waals surface area contributed by atoms with Crippen molar-refractivity contribution in [2.24, 2.45) is 7.05 Å². The fourth-order valence-electron chi connectivity index (χ4n) is 1.84. The number of ether oxygens (including phenoxy) is 1. The number of nitrogens with one attached hydrogen (secondary N) is 1. The first-order chi connectivity index (χ1) is 9.85. The number of aromatic nitrogens is 3. The largest absolute Gasteiger partial charge is 0.486 e. The lowest BCUT2D eigenvalue weighted by Crippen LogP contribution is -2.35. The smallest absolute Gasteiger partial charge is 0.170 e. The van der Waals surface area contributed by atoms with Gasteiger partial charge in [0.2, 0.25) is 0 Å². The van der Waals surface area contributed by atoms with Crippen molar-refractivity contribution >= 4 is 0 Å². The molecule has 114 valence electrons. The van der Waals surface area contributed by atoms with Gasteiger partial charge >= 0.3 is 0 Å². The number of aryl methyl sites for hydroxylation is 1. The van der Waals surface area contributed by atoms with Gasteiger partial charge in [0.05, 0.1) is 0 Å². The van der Waals surface area contributed by atoms with E-state index < -0.39 is 0 Å². The number of hydrogen-bond acceptors (Lipinski definition) is 4. The van der Waals surface area contributed by atoms with E-state index in [1.807, 2.05) is 30.7 Å². The fraction of sp³-hybridized carbons (Fsp3) is 0.500. The molecule has 1 N–H and O–H groups in total. The van der Waals surface area contributed by atoms with Crippen molar-refractivity contribution in [1.82, 2.24) is 20.1 Å². The van der Waals surface area contributed by atoms with E-state index in [1.54, 1.807) is 0 Å². The Bertz CT molecular complexity index is 599. The third-order valence-corrected chi connectivity index (χ3v) is 3.27. The first-order valence-corrected chi connectivity index (χ1v) is 7.17. The van der Waals surface area contributed by atoms with Gasteiger partial charge in [-0.3, -0.25) is 0 Å². The minimum Gasteiger partial charge on any atom is -0.486 e. The van der Waals surface area contributed by atoms with E-state index >= 15 is 0 Å². The third-order valence-electron chi connectivity index (χ3n) is 3.27. The SMILES string of the molecule is Cc1nnc(COc2cccc(CNC(C)(C)C)c2)n1C. The summed E-state index contributed by atoms with van der Waals surface area (Å²) in [6.45, 7) is 9.64. The van der Waals surface area contributed by atoms with Crippen LogP contribution in [-0.2, 0) is 20.2 Å². The molecule has 1 aromatic carbocycles. The summed E-state index contributed by atoms with van der Waals surface area (Å²) in [5.74, 6) is 2.56. The molecule has 0 radical (unpaired) electrons. The normalized spacial score (nSPS) is 11.7. The lowest BCUT2D eigenvalue weighted by atomic mass is 10.1. The van der Waals surface area contributed by atoms with Crippen LogP contribution in [0.1, 0.15) is 38.0 Å². The first-order valence-electron chi connectivity index (χ1n) is 7.17. The Morgan fingerprint density at radius 2 is 2.00 bits per heavy atom. The van der Waals surface area contributed by atoms with E-state index in [0.717, 1.165) is 23.9 Å². The molecule has 0 bridgehead atoms. The van der Waals surface area contributed by atoms with Gasteiger partial charge < -0.3 is 14.6 Å². The molecule has 2 rings (SSSR count). The van der Waals surface area contributed by atoms with Crippen LogP contribution in [0, 0.1) is 6.92 Å². The molecular formula is C16H24N4O. The molecule has 21 heavy (non-hydrogen) atoms. The predicted octanol–water partition coefficient (Wildman–Crippen LogP) is 2.59. The van der Waals surface area contributed by atoms with Crippen LogP contribution < -0.4 is 10.1 Å². The molecule has 1 aromatic heterocycles. The van der Waals surface area contributed by atoms with Crippen LogP contribution in [0.25, 0.3) is 0 Å². The summed E-state index contributed by atoms with van der Waals surface area (Å²) in [5.41, 5.74) is 1.31. The highest BCUT2D eigenvalue weighted by molar-refractivity contribution is 5.28. The van der Waals surface area contributed by atoms with E-state index in [9.17, 15) is 0 Å². The van der Waals surface area contributed by atoms with E-state index in [4.69, 9.17) is 4.74 Å². The van der Waals surface area contributed by atoms with Crippen molar-refractivity contribution in [3.05, 3.63) is 41.5 Å². The average Bonchev–Trinajstić information content (AvgIpc) is 2.74. The summed E-state index contributed by atoms with van der Waals surface area (Å²) in [5, 5.41) is 11.6. The minimum atomic E-state index is 0.104. The molecule has 0 saturated heterocycles. The fourth-order valence-corrected chi connectivity index (χ4v) is 1.84. The average molecular weight is 288 g/mol. The maximum Gasteiger partial charge on any atom is 0.170 e. The van der Waals surface area contributed by atoms with E-state index in [-0.39, 0.29) is 5.54 Å². The summed E-state index contributed by atoms with van der Waals surface area (Å²) in [7, 11) is 1.94. The predicted molar refractivity (Wildman–Crippen MR) is 83.1 cm³/mol. The maximum atomic E-state index is 5.81. The van der Waals surface area contributed by atoms with Gasteiger partial charge in [0, 0.05) is 19.1 Å². The molecule has 0 spiro atoms. The molecular weight excluding hydrogens is 264 g/mol. The van der Waals surface area contributed by atoms with E-state index in [1.165, 1.54) is 5.56 Å². The molecule has 2 aromatic rings. The van der Waals surface area contributed by atoms with Gasteiger partial charge in [-0.1, -0.05) is 12.1 Å². The zero-order valence-corrected chi connectivity index (χ0v) is 13.5. The molecule has 0 atom stereocenters. The van der Waals surface area contributed by atoms with E-state index in [2.05, 4.69) is 48.4 Å². The molecule has 0 saturated carbocycles. The van der Waals surface area contributed by atoms with Crippen LogP contribution in [0.15, 0.2) is 24.3 Å². The van der Waals surface area contributed by atoms with E-state index in [0.29, 0.717) is 6.61 Å². The quantitative estimate of drug-likeness (QED) is 0.919. The van der Waals surface area contributed by atoms with Crippen LogP contribution in [0.2, 0.25) is 0 Å². The Hall–Kier alpha value is -1.88. The maximum absolute atomic E-state index is 5.81. The molecule has 0 amide bonds. The van der Waals surface area contributed by atoms with Crippen molar-refractivity contribution in [3.63, 3.8) is 0 Å². The van der Waals surface area contributed by atoms with Gasteiger partial charge in [0.1, 0.15) is 18.2 Å². The summed E-state index contributed by atoms with van der Waals surface area (Å²) in [4.78, 5) is 0. The van der Waals surface area contributed by atoms with Crippen molar-refractivity contribution < 1.29 is 4.74 Å². The molecule has 5 heteroatoms. The van der Waals surface area contributed by atoms with Gasteiger partial charge in [0.25, 0.3) is 0 Å². The summed E-state index contributed by atoms with van der Waals surface area (Å²) in [6.07, 6.45) is 0. The second kappa shape index (κ2) is 6.26.